The second-order valence-corrected chi connectivity index (χ2v) is 4.25. The van der Waals surface area contributed by atoms with Crippen molar-refractivity contribution in [1.29, 1.82) is 0 Å². The minimum absolute atomic E-state index is 0.176. The van der Waals surface area contributed by atoms with Gasteiger partial charge in [-0.15, -0.1) is 0 Å². The molecule has 1 heterocycles. The molecule has 0 bridgehead atoms. The van der Waals surface area contributed by atoms with Crippen molar-refractivity contribution in [3.05, 3.63) is 52.9 Å². The van der Waals surface area contributed by atoms with E-state index in [0.29, 0.717) is 11.3 Å². The zero-order valence-electron chi connectivity index (χ0n) is 10.7. The third-order valence-electron chi connectivity index (χ3n) is 2.47. The number of anilines is 1. The number of carbonyl (C=O) groups is 2. The minimum atomic E-state index is -0.460. The van der Waals surface area contributed by atoms with Crippen LogP contribution in [-0.4, -0.2) is 18.5 Å². The van der Waals surface area contributed by atoms with Crippen LogP contribution >= 0.6 is 11.6 Å². The third-order valence-corrected chi connectivity index (χ3v) is 2.79. The van der Waals surface area contributed by atoms with Crippen molar-refractivity contribution < 1.29 is 18.7 Å². The maximum absolute atomic E-state index is 11.8. The van der Waals surface area contributed by atoms with Gasteiger partial charge >= 0.3 is 5.97 Å². The summed E-state index contributed by atoms with van der Waals surface area (Å²) in [5, 5.41) is 2.84. The number of hydrogen-bond donors (Lipinski definition) is 1. The van der Waals surface area contributed by atoms with Crippen LogP contribution in [0.15, 0.2) is 41.0 Å². The van der Waals surface area contributed by atoms with E-state index in [0.717, 1.165) is 0 Å². The summed E-state index contributed by atoms with van der Waals surface area (Å²) in [6.45, 7) is 2.00. The molecule has 1 aromatic heterocycles. The lowest BCUT2D eigenvalue weighted by atomic mass is 10.2. The van der Waals surface area contributed by atoms with Gasteiger partial charge in [-0.3, -0.25) is 4.79 Å². The number of nitrogens with one attached hydrogen (secondary N) is 1. The first kappa shape index (κ1) is 14.1. The van der Waals surface area contributed by atoms with E-state index in [1.807, 2.05) is 0 Å². The van der Waals surface area contributed by atoms with Gasteiger partial charge < -0.3 is 14.5 Å². The first-order valence-electron chi connectivity index (χ1n) is 5.93. The summed E-state index contributed by atoms with van der Waals surface area (Å²) in [4.78, 5) is 23.3. The molecular formula is C14H12ClNO4. The molecule has 6 heteroatoms. The molecule has 0 atom stereocenters. The molecular weight excluding hydrogens is 282 g/mol. The van der Waals surface area contributed by atoms with E-state index in [4.69, 9.17) is 20.8 Å². The highest BCUT2D eigenvalue weighted by Crippen LogP contribution is 2.24. The van der Waals surface area contributed by atoms with Gasteiger partial charge in [-0.1, -0.05) is 11.6 Å². The van der Waals surface area contributed by atoms with Gasteiger partial charge in [0, 0.05) is 0 Å². The molecule has 1 amide bonds. The van der Waals surface area contributed by atoms with E-state index in [2.05, 4.69) is 5.32 Å². The van der Waals surface area contributed by atoms with Crippen LogP contribution in [0.4, 0.5) is 5.69 Å². The Morgan fingerprint density at radius 1 is 1.35 bits per heavy atom. The van der Waals surface area contributed by atoms with Gasteiger partial charge in [-0.05, 0) is 37.3 Å². The van der Waals surface area contributed by atoms with E-state index in [1.54, 1.807) is 13.0 Å². The predicted octanol–water partition coefficient (Wildman–Crippen LogP) is 3.36. The summed E-state index contributed by atoms with van der Waals surface area (Å²) in [6, 6.07) is 7.66. The summed E-state index contributed by atoms with van der Waals surface area (Å²) >= 11 is 6.03. The number of rotatable bonds is 4. The molecule has 104 valence electrons. The fraction of sp³-hybridized carbons (Fsp3) is 0.143. The normalized spacial score (nSPS) is 10.1. The molecule has 0 aliphatic heterocycles. The van der Waals surface area contributed by atoms with Crippen LogP contribution in [0.3, 0.4) is 0 Å². The number of halogens is 1. The molecule has 5 nitrogen and oxygen atoms in total. The largest absolute Gasteiger partial charge is 0.462 e. The summed E-state index contributed by atoms with van der Waals surface area (Å²) in [5.41, 5.74) is 0.717. The van der Waals surface area contributed by atoms with Gasteiger partial charge in [0.15, 0.2) is 5.76 Å². The average Bonchev–Trinajstić information content (AvgIpc) is 2.95. The molecule has 0 aliphatic carbocycles. The van der Waals surface area contributed by atoms with Crippen LogP contribution in [-0.2, 0) is 4.74 Å². The summed E-state index contributed by atoms with van der Waals surface area (Å²) in [7, 11) is 0. The van der Waals surface area contributed by atoms with Gasteiger partial charge in [0.1, 0.15) is 0 Å². The Kier molecular flexibility index (Phi) is 4.42. The lowest BCUT2D eigenvalue weighted by Crippen LogP contribution is -2.12. The third kappa shape index (κ3) is 3.19. The molecule has 0 fully saturated rings. The Balaban J connectivity index is 2.14. The highest BCUT2D eigenvalue weighted by atomic mass is 35.5. The lowest BCUT2D eigenvalue weighted by Gasteiger charge is -2.07. The van der Waals surface area contributed by atoms with Crippen LogP contribution in [0.25, 0.3) is 0 Å². The fourth-order valence-electron chi connectivity index (χ4n) is 1.55. The van der Waals surface area contributed by atoms with Crippen molar-refractivity contribution in [2.75, 3.05) is 11.9 Å². The molecule has 0 spiro atoms. The smallest absolute Gasteiger partial charge is 0.338 e. The molecule has 0 saturated carbocycles. The Bertz CT molecular complexity index is 622. The van der Waals surface area contributed by atoms with Crippen molar-refractivity contribution >= 4 is 29.2 Å². The van der Waals surface area contributed by atoms with E-state index >= 15 is 0 Å². The minimum Gasteiger partial charge on any atom is -0.462 e. The lowest BCUT2D eigenvalue weighted by molar-refractivity contribution is 0.0526. The topological polar surface area (TPSA) is 68.5 Å². The molecule has 1 N–H and O–H groups in total. The number of carbonyl (C=O) groups excluding carboxylic acids is 2. The number of ether oxygens (including phenoxy) is 1. The average molecular weight is 294 g/mol. The highest BCUT2D eigenvalue weighted by molar-refractivity contribution is 6.34. The molecule has 0 unspecified atom stereocenters. The van der Waals surface area contributed by atoms with E-state index in [1.165, 1.54) is 30.5 Å². The maximum Gasteiger partial charge on any atom is 0.338 e. The van der Waals surface area contributed by atoms with Crippen molar-refractivity contribution in [2.24, 2.45) is 0 Å². The first-order chi connectivity index (χ1) is 9.61. The second kappa shape index (κ2) is 6.25. The number of hydrogen-bond acceptors (Lipinski definition) is 4. The second-order valence-electron chi connectivity index (χ2n) is 3.85. The van der Waals surface area contributed by atoms with Crippen molar-refractivity contribution in [1.82, 2.24) is 0 Å². The Morgan fingerprint density at radius 2 is 2.15 bits per heavy atom. The molecule has 0 aliphatic rings. The van der Waals surface area contributed by atoms with Crippen LogP contribution in [0.5, 0.6) is 0 Å². The Labute approximate surface area is 120 Å². The van der Waals surface area contributed by atoms with Crippen LogP contribution in [0.1, 0.15) is 27.8 Å². The number of esters is 1. The summed E-state index contributed by atoms with van der Waals surface area (Å²) < 4.78 is 9.83. The van der Waals surface area contributed by atoms with Gasteiger partial charge in [0.05, 0.1) is 29.1 Å². The first-order valence-corrected chi connectivity index (χ1v) is 6.31. The summed E-state index contributed by atoms with van der Waals surface area (Å²) in [6.07, 6.45) is 1.40. The zero-order chi connectivity index (χ0) is 14.5. The molecule has 2 rings (SSSR count). The molecule has 20 heavy (non-hydrogen) atoms. The molecule has 1 aromatic carbocycles. The maximum atomic E-state index is 11.8. The van der Waals surface area contributed by atoms with Crippen molar-refractivity contribution in [3.63, 3.8) is 0 Å². The monoisotopic (exact) mass is 293 g/mol. The fourth-order valence-corrected chi connectivity index (χ4v) is 1.78. The van der Waals surface area contributed by atoms with Gasteiger partial charge in [-0.25, -0.2) is 4.79 Å². The van der Waals surface area contributed by atoms with Gasteiger partial charge in [0.2, 0.25) is 0 Å². The summed E-state index contributed by atoms with van der Waals surface area (Å²) in [5.74, 6) is -0.699. The van der Waals surface area contributed by atoms with Crippen LogP contribution in [0, 0.1) is 0 Å². The standard InChI is InChI=1S/C14H12ClNO4/c1-2-19-14(18)9-5-6-11(10(15)8-9)16-13(17)12-4-3-7-20-12/h3-8H,2H2,1H3,(H,16,17). The van der Waals surface area contributed by atoms with Crippen molar-refractivity contribution in [3.8, 4) is 0 Å². The predicted molar refractivity (Wildman–Crippen MR) is 74.1 cm³/mol. The van der Waals surface area contributed by atoms with Crippen LogP contribution < -0.4 is 5.32 Å². The van der Waals surface area contributed by atoms with Crippen molar-refractivity contribution in [2.45, 2.75) is 6.92 Å². The zero-order valence-corrected chi connectivity index (χ0v) is 11.4. The molecule has 0 radical (unpaired) electrons. The quantitative estimate of drug-likeness (QED) is 0.878. The molecule has 0 saturated heterocycles. The van der Waals surface area contributed by atoms with Crippen LogP contribution in [0.2, 0.25) is 5.02 Å². The SMILES string of the molecule is CCOC(=O)c1ccc(NC(=O)c2ccco2)c(Cl)c1. The number of amides is 1. The van der Waals surface area contributed by atoms with Gasteiger partial charge in [0.25, 0.3) is 5.91 Å². The highest BCUT2D eigenvalue weighted by Gasteiger charge is 2.13. The number of benzene rings is 1. The Morgan fingerprint density at radius 3 is 2.75 bits per heavy atom. The van der Waals surface area contributed by atoms with E-state index in [9.17, 15) is 9.59 Å². The molecule has 2 aromatic rings. The Hall–Kier alpha value is -2.27. The number of furan rings is 1. The van der Waals surface area contributed by atoms with E-state index < -0.39 is 11.9 Å². The van der Waals surface area contributed by atoms with E-state index in [-0.39, 0.29) is 17.4 Å². The van der Waals surface area contributed by atoms with Gasteiger partial charge in [-0.2, -0.15) is 0 Å².